The fourth-order valence-electron chi connectivity index (χ4n) is 3.07. The summed E-state index contributed by atoms with van der Waals surface area (Å²) in [6.07, 6.45) is 6.09. The Kier molecular flexibility index (Phi) is 4.29. The number of benzene rings is 1. The van der Waals surface area contributed by atoms with Gasteiger partial charge in [0.1, 0.15) is 12.1 Å². The highest BCUT2D eigenvalue weighted by Crippen LogP contribution is 2.33. The SMILES string of the molecule is CNC1CCC(Nc2ncnc3cc(OC)c(O)cc23)CC1. The van der Waals surface area contributed by atoms with Crippen LogP contribution in [0.5, 0.6) is 11.5 Å². The Morgan fingerprint density at radius 2 is 1.86 bits per heavy atom. The van der Waals surface area contributed by atoms with E-state index in [0.29, 0.717) is 17.8 Å². The van der Waals surface area contributed by atoms with Crippen molar-refractivity contribution in [3.05, 3.63) is 18.5 Å². The van der Waals surface area contributed by atoms with Crippen LogP contribution >= 0.6 is 0 Å². The lowest BCUT2D eigenvalue weighted by molar-refractivity contribution is 0.371. The molecule has 0 unspecified atom stereocenters. The minimum atomic E-state index is 0.103. The van der Waals surface area contributed by atoms with Gasteiger partial charge in [-0.2, -0.15) is 0 Å². The van der Waals surface area contributed by atoms with E-state index in [1.165, 1.54) is 7.11 Å². The minimum Gasteiger partial charge on any atom is -0.504 e. The molecule has 1 heterocycles. The number of methoxy groups -OCH3 is 1. The molecule has 6 heteroatoms. The number of hydrogen-bond donors (Lipinski definition) is 3. The molecule has 22 heavy (non-hydrogen) atoms. The fraction of sp³-hybridized carbons (Fsp3) is 0.500. The van der Waals surface area contributed by atoms with Crippen LogP contribution in [0.15, 0.2) is 18.5 Å². The van der Waals surface area contributed by atoms with Gasteiger partial charge in [0.2, 0.25) is 0 Å². The van der Waals surface area contributed by atoms with Gasteiger partial charge in [0.05, 0.1) is 12.6 Å². The quantitative estimate of drug-likeness (QED) is 0.804. The van der Waals surface area contributed by atoms with Gasteiger partial charge in [0.25, 0.3) is 0 Å². The van der Waals surface area contributed by atoms with Gasteiger partial charge in [-0.15, -0.1) is 0 Å². The zero-order valence-electron chi connectivity index (χ0n) is 13.0. The smallest absolute Gasteiger partial charge is 0.162 e. The molecule has 3 N–H and O–H groups in total. The van der Waals surface area contributed by atoms with Crippen molar-refractivity contribution < 1.29 is 9.84 Å². The third-order valence-electron chi connectivity index (χ3n) is 4.41. The van der Waals surface area contributed by atoms with Crippen LogP contribution in [0.3, 0.4) is 0 Å². The van der Waals surface area contributed by atoms with Crippen LogP contribution in [0, 0.1) is 0 Å². The molecule has 3 rings (SSSR count). The zero-order valence-corrected chi connectivity index (χ0v) is 13.0. The molecule has 0 bridgehead atoms. The van der Waals surface area contributed by atoms with E-state index in [0.717, 1.165) is 42.4 Å². The highest BCUT2D eigenvalue weighted by Gasteiger charge is 2.21. The second kappa shape index (κ2) is 6.36. The lowest BCUT2D eigenvalue weighted by Crippen LogP contribution is -2.35. The summed E-state index contributed by atoms with van der Waals surface area (Å²) in [6.45, 7) is 0. The van der Waals surface area contributed by atoms with E-state index in [4.69, 9.17) is 4.74 Å². The number of rotatable bonds is 4. The van der Waals surface area contributed by atoms with Crippen molar-refractivity contribution in [3.8, 4) is 11.5 Å². The number of nitrogens with one attached hydrogen (secondary N) is 2. The maximum Gasteiger partial charge on any atom is 0.162 e. The summed E-state index contributed by atoms with van der Waals surface area (Å²) in [6, 6.07) is 4.42. The first-order valence-electron chi connectivity index (χ1n) is 7.66. The molecular formula is C16H22N4O2. The Labute approximate surface area is 129 Å². The van der Waals surface area contributed by atoms with Gasteiger partial charge in [-0.1, -0.05) is 0 Å². The Bertz CT molecular complexity index is 654. The molecule has 1 aromatic heterocycles. The molecular weight excluding hydrogens is 280 g/mol. The van der Waals surface area contributed by atoms with E-state index in [2.05, 4.69) is 20.6 Å². The van der Waals surface area contributed by atoms with Gasteiger partial charge in [-0.3, -0.25) is 0 Å². The molecule has 0 saturated heterocycles. The maximum atomic E-state index is 9.99. The first-order valence-corrected chi connectivity index (χ1v) is 7.66. The largest absolute Gasteiger partial charge is 0.504 e. The second-order valence-electron chi connectivity index (χ2n) is 5.75. The third-order valence-corrected chi connectivity index (χ3v) is 4.41. The van der Waals surface area contributed by atoms with Crippen molar-refractivity contribution in [1.29, 1.82) is 0 Å². The molecule has 0 amide bonds. The van der Waals surface area contributed by atoms with Crippen LogP contribution in [0.2, 0.25) is 0 Å². The minimum absolute atomic E-state index is 0.103. The number of aromatic nitrogens is 2. The van der Waals surface area contributed by atoms with E-state index < -0.39 is 0 Å². The van der Waals surface area contributed by atoms with Gasteiger partial charge < -0.3 is 20.5 Å². The topological polar surface area (TPSA) is 79.3 Å². The average Bonchev–Trinajstić information content (AvgIpc) is 2.55. The number of phenolic OH excluding ortho intramolecular Hbond substituents is 1. The van der Waals surface area contributed by atoms with Gasteiger partial charge in [0.15, 0.2) is 11.5 Å². The highest BCUT2D eigenvalue weighted by atomic mass is 16.5. The van der Waals surface area contributed by atoms with Crippen molar-refractivity contribution in [2.24, 2.45) is 0 Å². The molecule has 0 atom stereocenters. The molecule has 1 aromatic carbocycles. The van der Waals surface area contributed by atoms with Gasteiger partial charge in [-0.25, -0.2) is 9.97 Å². The Hall–Kier alpha value is -2.08. The van der Waals surface area contributed by atoms with Gasteiger partial charge >= 0.3 is 0 Å². The summed E-state index contributed by atoms with van der Waals surface area (Å²) in [7, 11) is 3.55. The lowest BCUT2D eigenvalue weighted by Gasteiger charge is -2.29. The highest BCUT2D eigenvalue weighted by molar-refractivity contribution is 5.91. The molecule has 1 fully saturated rings. The van der Waals surface area contributed by atoms with E-state index in [1.807, 2.05) is 7.05 Å². The van der Waals surface area contributed by atoms with Crippen LogP contribution < -0.4 is 15.4 Å². The standard InChI is InChI=1S/C16H22N4O2/c1-17-10-3-5-11(6-4-10)20-16-12-7-14(21)15(22-2)8-13(12)18-9-19-16/h7-11,17,21H,3-6H2,1-2H3,(H,18,19,20). The molecule has 0 aliphatic heterocycles. The van der Waals surface area contributed by atoms with Gasteiger partial charge in [-0.05, 0) is 38.8 Å². The monoisotopic (exact) mass is 302 g/mol. The molecule has 0 spiro atoms. The lowest BCUT2D eigenvalue weighted by atomic mass is 9.91. The van der Waals surface area contributed by atoms with Crippen LogP contribution in [0.1, 0.15) is 25.7 Å². The molecule has 1 aliphatic rings. The summed E-state index contributed by atoms with van der Waals surface area (Å²) in [4.78, 5) is 8.60. The molecule has 6 nitrogen and oxygen atoms in total. The molecule has 0 radical (unpaired) electrons. The van der Waals surface area contributed by atoms with E-state index in [-0.39, 0.29) is 5.75 Å². The number of phenols is 1. The van der Waals surface area contributed by atoms with Crippen LogP contribution in [0.4, 0.5) is 5.82 Å². The number of hydrogen-bond acceptors (Lipinski definition) is 6. The first kappa shape index (κ1) is 14.8. The summed E-state index contributed by atoms with van der Waals surface area (Å²) in [5.74, 6) is 1.30. The Morgan fingerprint density at radius 3 is 2.55 bits per heavy atom. The normalized spacial score (nSPS) is 21.7. The van der Waals surface area contributed by atoms with Crippen molar-refractivity contribution in [2.75, 3.05) is 19.5 Å². The van der Waals surface area contributed by atoms with E-state index in [9.17, 15) is 5.11 Å². The predicted molar refractivity (Wildman–Crippen MR) is 86.5 cm³/mol. The average molecular weight is 302 g/mol. The summed E-state index contributed by atoms with van der Waals surface area (Å²) in [5.41, 5.74) is 0.760. The molecule has 118 valence electrons. The fourth-order valence-corrected chi connectivity index (χ4v) is 3.07. The number of aromatic hydroxyl groups is 1. The molecule has 1 aliphatic carbocycles. The van der Waals surface area contributed by atoms with Crippen molar-refractivity contribution in [3.63, 3.8) is 0 Å². The summed E-state index contributed by atoms with van der Waals surface area (Å²) >= 11 is 0. The zero-order chi connectivity index (χ0) is 15.5. The van der Waals surface area contributed by atoms with Gasteiger partial charge in [0, 0.05) is 23.5 Å². The Balaban J connectivity index is 1.83. The first-order chi connectivity index (χ1) is 10.7. The predicted octanol–water partition coefficient (Wildman–Crippen LogP) is 2.29. The third kappa shape index (κ3) is 2.92. The second-order valence-corrected chi connectivity index (χ2v) is 5.75. The van der Waals surface area contributed by atoms with E-state index >= 15 is 0 Å². The molecule has 1 saturated carbocycles. The number of ether oxygens (including phenoxy) is 1. The summed E-state index contributed by atoms with van der Waals surface area (Å²) < 4.78 is 5.13. The van der Waals surface area contributed by atoms with Crippen molar-refractivity contribution >= 4 is 16.7 Å². The van der Waals surface area contributed by atoms with Crippen molar-refractivity contribution in [2.45, 2.75) is 37.8 Å². The van der Waals surface area contributed by atoms with Crippen LogP contribution in [-0.4, -0.2) is 41.3 Å². The maximum absolute atomic E-state index is 9.99. The molecule has 2 aromatic rings. The van der Waals surface area contributed by atoms with E-state index in [1.54, 1.807) is 18.5 Å². The van der Waals surface area contributed by atoms with Crippen LogP contribution in [-0.2, 0) is 0 Å². The number of anilines is 1. The Morgan fingerprint density at radius 1 is 1.14 bits per heavy atom. The van der Waals surface area contributed by atoms with Crippen molar-refractivity contribution in [1.82, 2.24) is 15.3 Å². The van der Waals surface area contributed by atoms with Crippen LogP contribution in [0.25, 0.3) is 10.9 Å². The summed E-state index contributed by atoms with van der Waals surface area (Å²) in [5, 5.41) is 17.6. The number of nitrogens with zero attached hydrogens (tertiary/aromatic N) is 2. The number of fused-ring (bicyclic) bond motifs is 1.